The zero-order valence-corrected chi connectivity index (χ0v) is 19.6. The molecule has 34 heavy (non-hydrogen) atoms. The van der Waals surface area contributed by atoms with Gasteiger partial charge in [-0.2, -0.15) is 0 Å². The number of hydrogen-bond donors (Lipinski definition) is 1. The molecule has 172 valence electrons. The van der Waals surface area contributed by atoms with Crippen LogP contribution in [0.2, 0.25) is 0 Å². The number of aliphatic hydroxyl groups is 1. The molecule has 1 amide bonds. The first-order valence-electron chi connectivity index (χ1n) is 10.8. The fourth-order valence-corrected chi connectivity index (χ4v) is 5.10. The van der Waals surface area contributed by atoms with E-state index in [-0.39, 0.29) is 11.3 Å². The van der Waals surface area contributed by atoms with Crippen LogP contribution in [0.4, 0.5) is 5.13 Å². The van der Waals surface area contributed by atoms with Crippen LogP contribution in [0.15, 0.2) is 76.6 Å². The number of hydrogen-bond acceptors (Lipinski definition) is 7. The second kappa shape index (κ2) is 8.46. The molecule has 2 aromatic heterocycles. The number of rotatable bonds is 6. The Morgan fingerprint density at radius 1 is 1.18 bits per heavy atom. The number of aromatic nitrogens is 1. The zero-order valence-electron chi connectivity index (χ0n) is 18.8. The minimum Gasteiger partial charge on any atom is -0.503 e. The highest BCUT2D eigenvalue weighted by atomic mass is 32.1. The molecule has 0 bridgehead atoms. The molecule has 0 aliphatic carbocycles. The van der Waals surface area contributed by atoms with Crippen molar-refractivity contribution in [3.63, 3.8) is 0 Å². The molecular formula is C26H22N2O5S. The highest BCUT2D eigenvalue weighted by molar-refractivity contribution is 7.22. The van der Waals surface area contributed by atoms with Gasteiger partial charge in [0.2, 0.25) is 5.78 Å². The van der Waals surface area contributed by atoms with Crippen LogP contribution in [-0.4, -0.2) is 28.9 Å². The summed E-state index contributed by atoms with van der Waals surface area (Å²) in [5, 5.41) is 11.2. The molecule has 1 aliphatic rings. The van der Waals surface area contributed by atoms with Gasteiger partial charge < -0.3 is 14.3 Å². The summed E-state index contributed by atoms with van der Waals surface area (Å²) >= 11 is 1.29. The summed E-state index contributed by atoms with van der Waals surface area (Å²) in [5.41, 5.74) is 2.47. The number of ether oxygens (including phenoxy) is 1. The predicted molar refractivity (Wildman–Crippen MR) is 130 cm³/mol. The van der Waals surface area contributed by atoms with Crippen molar-refractivity contribution in [2.24, 2.45) is 0 Å². The first-order chi connectivity index (χ1) is 16.4. The van der Waals surface area contributed by atoms with E-state index in [2.05, 4.69) is 18.8 Å². The Hall–Kier alpha value is -3.91. The summed E-state index contributed by atoms with van der Waals surface area (Å²) in [6.07, 6.45) is 1.38. The van der Waals surface area contributed by atoms with Gasteiger partial charge in [0.05, 0.1) is 35.2 Å². The quantitative estimate of drug-likeness (QED) is 0.355. The number of methoxy groups -OCH3 is 1. The van der Waals surface area contributed by atoms with Gasteiger partial charge in [-0.25, -0.2) is 4.98 Å². The van der Waals surface area contributed by atoms with E-state index >= 15 is 0 Å². The lowest BCUT2D eigenvalue weighted by atomic mass is 9.93. The molecule has 7 nitrogen and oxygen atoms in total. The molecule has 1 N–H and O–H groups in total. The molecule has 0 radical (unpaired) electrons. The maximum absolute atomic E-state index is 13.3. The summed E-state index contributed by atoms with van der Waals surface area (Å²) in [7, 11) is 1.58. The van der Waals surface area contributed by atoms with Crippen LogP contribution >= 0.6 is 11.3 Å². The van der Waals surface area contributed by atoms with Gasteiger partial charge >= 0.3 is 0 Å². The number of aliphatic hydroxyl groups excluding tert-OH is 1. The maximum atomic E-state index is 13.3. The van der Waals surface area contributed by atoms with Crippen molar-refractivity contribution in [3.8, 4) is 5.75 Å². The van der Waals surface area contributed by atoms with Gasteiger partial charge in [-0.3, -0.25) is 14.5 Å². The second-order valence-corrected chi connectivity index (χ2v) is 9.31. The van der Waals surface area contributed by atoms with Gasteiger partial charge in [0.15, 0.2) is 16.7 Å². The summed E-state index contributed by atoms with van der Waals surface area (Å²) in [6.45, 7) is 4.18. The Morgan fingerprint density at radius 2 is 1.94 bits per heavy atom. The zero-order chi connectivity index (χ0) is 24.0. The average Bonchev–Trinajstić information content (AvgIpc) is 3.57. The summed E-state index contributed by atoms with van der Waals surface area (Å²) < 4.78 is 11.4. The lowest BCUT2D eigenvalue weighted by molar-refractivity contribution is -0.117. The minimum absolute atomic E-state index is 0.0333. The van der Waals surface area contributed by atoms with Crippen molar-refractivity contribution in [1.82, 2.24) is 4.98 Å². The van der Waals surface area contributed by atoms with Crippen molar-refractivity contribution in [2.45, 2.75) is 25.8 Å². The third-order valence-electron chi connectivity index (χ3n) is 5.91. The number of Topliss-reactive ketones (excluding diaryl/α,β-unsaturated/α-hetero) is 1. The highest BCUT2D eigenvalue weighted by Crippen LogP contribution is 2.44. The molecule has 1 atom stereocenters. The molecule has 3 heterocycles. The van der Waals surface area contributed by atoms with E-state index in [1.807, 2.05) is 36.4 Å². The number of ketones is 1. The summed E-state index contributed by atoms with van der Waals surface area (Å²) in [4.78, 5) is 32.7. The van der Waals surface area contributed by atoms with E-state index in [9.17, 15) is 14.7 Å². The van der Waals surface area contributed by atoms with Crippen molar-refractivity contribution in [1.29, 1.82) is 0 Å². The first-order valence-corrected chi connectivity index (χ1v) is 11.6. The van der Waals surface area contributed by atoms with Gasteiger partial charge in [-0.05, 0) is 47.4 Å². The van der Waals surface area contributed by atoms with Crippen LogP contribution in [0.3, 0.4) is 0 Å². The first kappa shape index (κ1) is 21.9. The van der Waals surface area contributed by atoms with Gasteiger partial charge in [0.25, 0.3) is 5.91 Å². The minimum atomic E-state index is -0.853. The molecule has 2 aromatic carbocycles. The van der Waals surface area contributed by atoms with Gasteiger partial charge in [0, 0.05) is 0 Å². The number of fused-ring (bicyclic) bond motifs is 1. The van der Waals surface area contributed by atoms with Crippen molar-refractivity contribution in [3.05, 3.63) is 89.1 Å². The number of carbonyl (C=O) groups excluding carboxylic acids is 2. The highest BCUT2D eigenvalue weighted by Gasteiger charge is 2.46. The van der Waals surface area contributed by atoms with E-state index in [1.165, 1.54) is 28.6 Å². The third-order valence-corrected chi connectivity index (χ3v) is 6.92. The Bertz CT molecular complexity index is 1420. The molecule has 0 saturated heterocycles. The van der Waals surface area contributed by atoms with Gasteiger partial charge in [-0.1, -0.05) is 49.4 Å². The summed E-state index contributed by atoms with van der Waals surface area (Å²) in [6, 6.07) is 15.4. The summed E-state index contributed by atoms with van der Waals surface area (Å²) in [5.74, 6) is -0.781. The van der Waals surface area contributed by atoms with Crippen molar-refractivity contribution >= 4 is 38.4 Å². The molecular weight excluding hydrogens is 452 g/mol. The largest absolute Gasteiger partial charge is 0.503 e. The molecule has 1 aliphatic heterocycles. The van der Waals surface area contributed by atoms with Crippen LogP contribution < -0.4 is 9.64 Å². The van der Waals surface area contributed by atoms with E-state index in [1.54, 1.807) is 19.2 Å². The molecule has 0 saturated carbocycles. The van der Waals surface area contributed by atoms with Crippen molar-refractivity contribution < 1.29 is 23.8 Å². The Kier molecular flexibility index (Phi) is 5.45. The standard InChI is InChI=1S/C26H22N2O5S/c1-14(2)15-6-8-16(9-7-15)22-21(23(29)19-5-4-12-33-19)24(30)25(31)28(22)26-27-18-11-10-17(32-3)13-20(18)34-26/h4-14,22,30H,1-3H3. The number of carbonyl (C=O) groups is 2. The van der Waals surface area contributed by atoms with Gasteiger partial charge in [0.1, 0.15) is 5.75 Å². The van der Waals surface area contributed by atoms with E-state index in [0.717, 1.165) is 10.3 Å². The Morgan fingerprint density at radius 3 is 2.59 bits per heavy atom. The van der Waals surface area contributed by atoms with Crippen LogP contribution in [-0.2, 0) is 4.79 Å². The number of amides is 1. The Labute approximate surface area is 199 Å². The van der Waals surface area contributed by atoms with Crippen LogP contribution in [0.1, 0.15) is 47.5 Å². The number of anilines is 1. The van der Waals surface area contributed by atoms with Crippen LogP contribution in [0, 0.1) is 0 Å². The second-order valence-electron chi connectivity index (χ2n) is 8.30. The maximum Gasteiger partial charge on any atom is 0.296 e. The molecule has 5 rings (SSSR count). The lowest BCUT2D eigenvalue weighted by Crippen LogP contribution is -2.31. The average molecular weight is 475 g/mol. The van der Waals surface area contributed by atoms with Gasteiger partial charge in [-0.15, -0.1) is 0 Å². The number of thiazole rings is 1. The van der Waals surface area contributed by atoms with Crippen LogP contribution in [0.5, 0.6) is 5.75 Å². The van der Waals surface area contributed by atoms with Crippen molar-refractivity contribution in [2.75, 3.05) is 12.0 Å². The molecule has 1 unspecified atom stereocenters. The molecule has 4 aromatic rings. The topological polar surface area (TPSA) is 92.9 Å². The number of benzene rings is 2. The normalized spacial score (nSPS) is 16.2. The molecule has 0 spiro atoms. The fraction of sp³-hybridized carbons (Fsp3) is 0.192. The third kappa shape index (κ3) is 3.56. The lowest BCUT2D eigenvalue weighted by Gasteiger charge is -2.24. The molecule has 0 fully saturated rings. The number of nitrogens with zero attached hydrogens (tertiary/aromatic N) is 2. The predicted octanol–water partition coefficient (Wildman–Crippen LogP) is 5.80. The van der Waals surface area contributed by atoms with E-state index in [4.69, 9.17) is 9.15 Å². The fourth-order valence-electron chi connectivity index (χ4n) is 4.08. The SMILES string of the molecule is COc1ccc2nc(N3C(=O)C(O)=C(C(=O)c4ccco4)C3c3ccc(C(C)C)cc3)sc2c1. The Balaban J connectivity index is 1.66. The number of furan rings is 1. The van der Waals surface area contributed by atoms with E-state index in [0.29, 0.717) is 27.9 Å². The smallest absolute Gasteiger partial charge is 0.296 e. The monoisotopic (exact) mass is 474 g/mol. The van der Waals surface area contributed by atoms with Crippen LogP contribution in [0.25, 0.3) is 10.2 Å². The molecule has 8 heteroatoms. The van der Waals surface area contributed by atoms with E-state index < -0.39 is 23.5 Å².